The first-order valence-corrected chi connectivity index (χ1v) is 8.96. The van der Waals surface area contributed by atoms with Crippen LogP contribution in [0.4, 0.5) is 0 Å². The van der Waals surface area contributed by atoms with Crippen molar-refractivity contribution in [2.24, 2.45) is 4.99 Å². The molecule has 0 atom stereocenters. The van der Waals surface area contributed by atoms with Gasteiger partial charge in [0, 0.05) is 26.1 Å². The molecule has 1 aliphatic rings. The first kappa shape index (κ1) is 17.7. The Morgan fingerprint density at radius 2 is 2.00 bits per heavy atom. The molecule has 2 rings (SSSR count). The highest BCUT2D eigenvalue weighted by Crippen LogP contribution is 2.18. The van der Waals surface area contributed by atoms with Gasteiger partial charge in [-0.05, 0) is 19.3 Å². The van der Waals surface area contributed by atoms with Gasteiger partial charge in [0.05, 0.1) is 13.1 Å². The highest BCUT2D eigenvalue weighted by atomic mass is 32.1. The third-order valence-corrected chi connectivity index (χ3v) is 4.95. The minimum atomic E-state index is 0.130. The quantitative estimate of drug-likeness (QED) is 0.625. The van der Waals surface area contributed by atoms with Crippen LogP contribution in [0.15, 0.2) is 4.99 Å². The molecule has 0 spiro atoms. The Labute approximate surface area is 141 Å². The van der Waals surface area contributed by atoms with E-state index in [0.29, 0.717) is 18.4 Å². The van der Waals surface area contributed by atoms with Crippen molar-refractivity contribution < 1.29 is 4.79 Å². The van der Waals surface area contributed by atoms with Gasteiger partial charge in [0.1, 0.15) is 10.0 Å². The lowest BCUT2D eigenvalue weighted by atomic mass is 10.1. The number of guanidine groups is 1. The fourth-order valence-corrected chi connectivity index (χ4v) is 3.15. The zero-order chi connectivity index (χ0) is 16.7. The number of rotatable bonds is 5. The second kappa shape index (κ2) is 8.81. The Balaban J connectivity index is 1.75. The fraction of sp³-hybridized carbons (Fsp3) is 0.733. The second-order valence-electron chi connectivity index (χ2n) is 5.91. The van der Waals surface area contributed by atoms with Crippen molar-refractivity contribution in [2.45, 2.75) is 45.6 Å². The lowest BCUT2D eigenvalue weighted by molar-refractivity contribution is -0.130. The maximum Gasteiger partial charge on any atom is 0.241 e. The number of nitrogens with one attached hydrogen (secondary N) is 2. The molecular weight excluding hydrogens is 312 g/mol. The van der Waals surface area contributed by atoms with E-state index in [-0.39, 0.29) is 12.5 Å². The van der Waals surface area contributed by atoms with E-state index in [4.69, 9.17) is 0 Å². The molecule has 1 aliphatic heterocycles. The third kappa shape index (κ3) is 5.46. The van der Waals surface area contributed by atoms with Gasteiger partial charge in [0.2, 0.25) is 5.91 Å². The summed E-state index contributed by atoms with van der Waals surface area (Å²) in [7, 11) is 1.69. The number of hydrogen-bond acceptors (Lipinski definition) is 5. The fourth-order valence-electron chi connectivity index (χ4n) is 2.37. The van der Waals surface area contributed by atoms with E-state index >= 15 is 0 Å². The number of aromatic nitrogens is 2. The SMILES string of the molecule is CN=C(NCC(=O)N1CCCCC1)NCc1nnc(C(C)C)s1. The van der Waals surface area contributed by atoms with Gasteiger partial charge in [-0.25, -0.2) is 0 Å². The van der Waals surface area contributed by atoms with Gasteiger partial charge < -0.3 is 15.5 Å². The minimum Gasteiger partial charge on any atom is -0.350 e. The molecule has 8 heteroatoms. The molecule has 1 amide bonds. The van der Waals surface area contributed by atoms with Gasteiger partial charge in [-0.3, -0.25) is 9.79 Å². The topological polar surface area (TPSA) is 82.5 Å². The van der Waals surface area contributed by atoms with Crippen molar-refractivity contribution in [3.63, 3.8) is 0 Å². The molecule has 1 fully saturated rings. The second-order valence-corrected chi connectivity index (χ2v) is 7.00. The van der Waals surface area contributed by atoms with E-state index < -0.39 is 0 Å². The van der Waals surface area contributed by atoms with Crippen LogP contribution in [-0.2, 0) is 11.3 Å². The number of piperidine rings is 1. The van der Waals surface area contributed by atoms with Crippen LogP contribution in [0.1, 0.15) is 49.0 Å². The number of carbonyl (C=O) groups excluding carboxylic acids is 1. The van der Waals surface area contributed by atoms with Crippen LogP contribution in [0.3, 0.4) is 0 Å². The zero-order valence-electron chi connectivity index (χ0n) is 14.1. The van der Waals surface area contributed by atoms with E-state index in [1.807, 2.05) is 4.90 Å². The first-order valence-electron chi connectivity index (χ1n) is 8.14. The zero-order valence-corrected chi connectivity index (χ0v) is 14.9. The molecule has 128 valence electrons. The molecule has 0 radical (unpaired) electrons. The van der Waals surface area contributed by atoms with Crippen molar-refractivity contribution in [1.82, 2.24) is 25.7 Å². The molecule has 0 aromatic carbocycles. The Kier molecular flexibility index (Phi) is 6.76. The summed E-state index contributed by atoms with van der Waals surface area (Å²) in [5.41, 5.74) is 0. The highest BCUT2D eigenvalue weighted by molar-refractivity contribution is 7.11. The standard InChI is InChI=1S/C15H26N6OS/c1-11(2)14-20-19-12(23-14)9-17-15(16-3)18-10-13(22)21-7-5-4-6-8-21/h11H,4-10H2,1-3H3,(H2,16,17,18). The molecule has 0 bridgehead atoms. The predicted molar refractivity (Wildman–Crippen MR) is 92.6 cm³/mol. The average molecular weight is 338 g/mol. The van der Waals surface area contributed by atoms with E-state index in [0.717, 1.165) is 35.9 Å². The summed E-state index contributed by atoms with van der Waals surface area (Å²) < 4.78 is 0. The maximum absolute atomic E-state index is 12.1. The van der Waals surface area contributed by atoms with Crippen LogP contribution in [0.25, 0.3) is 0 Å². The van der Waals surface area contributed by atoms with Crippen LogP contribution in [-0.4, -0.2) is 53.6 Å². The number of likely N-dealkylation sites (tertiary alicyclic amines) is 1. The molecule has 0 saturated carbocycles. The minimum absolute atomic E-state index is 0.130. The lowest BCUT2D eigenvalue weighted by Crippen LogP contribution is -2.45. The summed E-state index contributed by atoms with van der Waals surface area (Å²) >= 11 is 1.60. The summed E-state index contributed by atoms with van der Waals surface area (Å²) in [6, 6.07) is 0. The molecule has 1 saturated heterocycles. The highest BCUT2D eigenvalue weighted by Gasteiger charge is 2.16. The Morgan fingerprint density at radius 3 is 2.61 bits per heavy atom. The van der Waals surface area contributed by atoms with Crippen molar-refractivity contribution in [1.29, 1.82) is 0 Å². The van der Waals surface area contributed by atoms with E-state index in [1.54, 1.807) is 18.4 Å². The van der Waals surface area contributed by atoms with Gasteiger partial charge in [-0.15, -0.1) is 10.2 Å². The molecule has 0 aliphatic carbocycles. The molecule has 23 heavy (non-hydrogen) atoms. The number of nitrogens with zero attached hydrogens (tertiary/aromatic N) is 4. The summed E-state index contributed by atoms with van der Waals surface area (Å²) in [6.45, 7) is 6.77. The van der Waals surface area contributed by atoms with Crippen molar-refractivity contribution in [2.75, 3.05) is 26.7 Å². The number of amides is 1. The normalized spacial score (nSPS) is 15.8. The van der Waals surface area contributed by atoms with Gasteiger partial charge in [-0.1, -0.05) is 25.2 Å². The molecule has 2 N–H and O–H groups in total. The van der Waals surface area contributed by atoms with E-state index in [9.17, 15) is 4.79 Å². The van der Waals surface area contributed by atoms with E-state index in [2.05, 4.69) is 39.7 Å². The number of hydrogen-bond donors (Lipinski definition) is 2. The largest absolute Gasteiger partial charge is 0.350 e. The molecule has 7 nitrogen and oxygen atoms in total. The monoisotopic (exact) mass is 338 g/mol. The van der Waals surface area contributed by atoms with Crippen LogP contribution in [0, 0.1) is 0 Å². The lowest BCUT2D eigenvalue weighted by Gasteiger charge is -2.27. The van der Waals surface area contributed by atoms with E-state index in [1.165, 1.54) is 6.42 Å². The first-order chi connectivity index (χ1) is 11.1. The summed E-state index contributed by atoms with van der Waals surface area (Å²) in [6.07, 6.45) is 3.43. The Morgan fingerprint density at radius 1 is 1.26 bits per heavy atom. The summed E-state index contributed by atoms with van der Waals surface area (Å²) in [5.74, 6) is 1.13. The van der Waals surface area contributed by atoms with Crippen LogP contribution in [0.5, 0.6) is 0 Å². The molecule has 0 unspecified atom stereocenters. The molecule has 1 aromatic heterocycles. The third-order valence-electron chi connectivity index (χ3n) is 3.72. The van der Waals surface area contributed by atoms with Crippen molar-refractivity contribution in [3.8, 4) is 0 Å². The van der Waals surface area contributed by atoms with Crippen LogP contribution >= 0.6 is 11.3 Å². The van der Waals surface area contributed by atoms with Gasteiger partial charge >= 0.3 is 0 Å². The average Bonchev–Trinajstić information content (AvgIpc) is 3.05. The van der Waals surface area contributed by atoms with Crippen LogP contribution < -0.4 is 10.6 Å². The molecule has 2 heterocycles. The van der Waals surface area contributed by atoms with Gasteiger partial charge in [0.15, 0.2) is 5.96 Å². The Hall–Kier alpha value is -1.70. The number of aliphatic imine (C=N–C) groups is 1. The smallest absolute Gasteiger partial charge is 0.241 e. The van der Waals surface area contributed by atoms with Crippen LogP contribution in [0.2, 0.25) is 0 Å². The number of carbonyl (C=O) groups is 1. The molecule has 1 aromatic rings. The van der Waals surface area contributed by atoms with Gasteiger partial charge in [0.25, 0.3) is 0 Å². The summed E-state index contributed by atoms with van der Waals surface area (Å²) in [4.78, 5) is 18.2. The predicted octanol–water partition coefficient (Wildman–Crippen LogP) is 1.34. The van der Waals surface area contributed by atoms with Crippen molar-refractivity contribution >= 4 is 23.2 Å². The molecular formula is C15H26N6OS. The van der Waals surface area contributed by atoms with Gasteiger partial charge in [-0.2, -0.15) is 0 Å². The summed E-state index contributed by atoms with van der Waals surface area (Å²) in [5, 5.41) is 16.5. The Bertz CT molecular complexity index is 536. The maximum atomic E-state index is 12.1. The van der Waals surface area contributed by atoms with Crippen molar-refractivity contribution in [3.05, 3.63) is 10.0 Å².